The lowest BCUT2D eigenvalue weighted by Gasteiger charge is -2.32. The molecule has 1 spiro atoms. The van der Waals surface area contributed by atoms with Crippen molar-refractivity contribution in [3.63, 3.8) is 0 Å². The molecule has 2 aromatic heterocycles. The van der Waals surface area contributed by atoms with Crippen molar-refractivity contribution in [1.82, 2.24) is 24.8 Å². The molecule has 0 bridgehead atoms. The highest BCUT2D eigenvalue weighted by Gasteiger charge is 2.56. The molecule has 1 aliphatic heterocycles. The van der Waals surface area contributed by atoms with Gasteiger partial charge in [-0.05, 0) is 37.7 Å². The van der Waals surface area contributed by atoms with E-state index < -0.39 is 0 Å². The lowest BCUT2D eigenvalue weighted by molar-refractivity contribution is -0.137. The van der Waals surface area contributed by atoms with Gasteiger partial charge >= 0.3 is 0 Å². The number of likely N-dealkylation sites (tertiary alicyclic amines) is 1. The van der Waals surface area contributed by atoms with Gasteiger partial charge in [0.05, 0.1) is 6.20 Å². The third-order valence-corrected chi connectivity index (χ3v) is 5.56. The van der Waals surface area contributed by atoms with Gasteiger partial charge in [0.1, 0.15) is 12.2 Å². The molecule has 8 nitrogen and oxygen atoms in total. The van der Waals surface area contributed by atoms with Crippen molar-refractivity contribution in [2.24, 2.45) is 5.41 Å². The van der Waals surface area contributed by atoms with Gasteiger partial charge in [-0.1, -0.05) is 0 Å². The van der Waals surface area contributed by atoms with Crippen molar-refractivity contribution in [2.45, 2.75) is 32.2 Å². The normalized spacial score (nSPS) is 21.1. The van der Waals surface area contributed by atoms with E-state index >= 15 is 0 Å². The highest BCUT2D eigenvalue weighted by molar-refractivity contribution is 6.00. The molecule has 2 fully saturated rings. The summed E-state index contributed by atoms with van der Waals surface area (Å²) >= 11 is 0. The third kappa shape index (κ3) is 3.05. The molecule has 1 aliphatic carbocycles. The number of amides is 2. The number of ether oxygens (including phenoxy) is 1. The molecule has 1 N–H and O–H groups in total. The Morgan fingerprint density at radius 1 is 1.38 bits per heavy atom. The van der Waals surface area contributed by atoms with Crippen molar-refractivity contribution in [3.05, 3.63) is 30.2 Å². The molecule has 138 valence electrons. The van der Waals surface area contributed by atoms with E-state index in [1.807, 2.05) is 11.8 Å². The molecule has 8 heteroatoms. The SMILES string of the molecule is CCOCC(=O)N1CCC2(CC1)CC2NC(=O)c1cnn2cccnc12. The van der Waals surface area contributed by atoms with Gasteiger partial charge in [-0.15, -0.1) is 0 Å². The van der Waals surface area contributed by atoms with Crippen LogP contribution in [0.2, 0.25) is 0 Å². The average Bonchev–Trinajstić information content (AvgIpc) is 3.13. The van der Waals surface area contributed by atoms with E-state index in [4.69, 9.17) is 4.74 Å². The minimum atomic E-state index is -0.129. The van der Waals surface area contributed by atoms with Crippen LogP contribution in [0.5, 0.6) is 0 Å². The molecule has 2 amide bonds. The van der Waals surface area contributed by atoms with Crippen molar-refractivity contribution in [3.8, 4) is 0 Å². The van der Waals surface area contributed by atoms with Crippen molar-refractivity contribution in [2.75, 3.05) is 26.3 Å². The molecule has 4 rings (SSSR count). The third-order valence-electron chi connectivity index (χ3n) is 5.56. The van der Waals surface area contributed by atoms with Crippen LogP contribution in [0.4, 0.5) is 0 Å². The quantitative estimate of drug-likeness (QED) is 0.858. The number of carbonyl (C=O) groups excluding carboxylic acids is 2. The van der Waals surface area contributed by atoms with E-state index in [0.29, 0.717) is 17.8 Å². The summed E-state index contributed by atoms with van der Waals surface area (Å²) in [6, 6.07) is 1.94. The Bertz CT molecular complexity index is 825. The van der Waals surface area contributed by atoms with Crippen LogP contribution >= 0.6 is 0 Å². The number of hydrogen-bond acceptors (Lipinski definition) is 5. The zero-order chi connectivity index (χ0) is 18.1. The Kier molecular flexibility index (Phi) is 4.36. The van der Waals surface area contributed by atoms with Gasteiger partial charge in [0.25, 0.3) is 5.91 Å². The lowest BCUT2D eigenvalue weighted by atomic mass is 9.92. The molecular weight excluding hydrogens is 334 g/mol. The first-order valence-corrected chi connectivity index (χ1v) is 9.08. The van der Waals surface area contributed by atoms with Crippen LogP contribution in [0.15, 0.2) is 24.7 Å². The van der Waals surface area contributed by atoms with Crippen LogP contribution in [0, 0.1) is 5.41 Å². The second-order valence-corrected chi connectivity index (χ2v) is 7.06. The maximum atomic E-state index is 12.6. The second-order valence-electron chi connectivity index (χ2n) is 7.06. The number of carbonyl (C=O) groups is 2. The number of nitrogens with one attached hydrogen (secondary N) is 1. The number of nitrogens with zero attached hydrogens (tertiary/aromatic N) is 4. The number of fused-ring (bicyclic) bond motifs is 1. The minimum absolute atomic E-state index is 0.0559. The lowest BCUT2D eigenvalue weighted by Crippen LogP contribution is -2.43. The molecule has 26 heavy (non-hydrogen) atoms. The van der Waals surface area contributed by atoms with Crippen molar-refractivity contribution in [1.29, 1.82) is 0 Å². The average molecular weight is 357 g/mol. The number of piperidine rings is 1. The zero-order valence-corrected chi connectivity index (χ0v) is 14.9. The summed E-state index contributed by atoms with van der Waals surface area (Å²) < 4.78 is 6.80. The van der Waals surface area contributed by atoms with E-state index in [1.54, 1.807) is 29.2 Å². The fourth-order valence-corrected chi connectivity index (χ4v) is 3.81. The van der Waals surface area contributed by atoms with E-state index in [2.05, 4.69) is 15.4 Å². The van der Waals surface area contributed by atoms with Crippen LogP contribution in [0.25, 0.3) is 5.65 Å². The topological polar surface area (TPSA) is 88.8 Å². The molecule has 1 saturated heterocycles. The van der Waals surface area contributed by atoms with E-state index in [9.17, 15) is 9.59 Å². The van der Waals surface area contributed by atoms with Crippen LogP contribution in [0.3, 0.4) is 0 Å². The van der Waals surface area contributed by atoms with Crippen LogP contribution in [-0.4, -0.2) is 63.7 Å². The van der Waals surface area contributed by atoms with E-state index in [-0.39, 0.29) is 29.9 Å². The molecule has 2 aromatic rings. The molecule has 0 aromatic carbocycles. The summed E-state index contributed by atoms with van der Waals surface area (Å²) in [7, 11) is 0. The molecule has 3 heterocycles. The highest BCUT2D eigenvalue weighted by Crippen LogP contribution is 2.54. The van der Waals surface area contributed by atoms with Gasteiger partial charge < -0.3 is 15.0 Å². The Balaban J connectivity index is 1.33. The number of hydrogen-bond donors (Lipinski definition) is 1. The molecule has 1 saturated carbocycles. The maximum Gasteiger partial charge on any atom is 0.257 e. The molecule has 1 unspecified atom stereocenters. The van der Waals surface area contributed by atoms with Gasteiger partial charge in [-0.25, -0.2) is 9.50 Å². The van der Waals surface area contributed by atoms with Gasteiger partial charge in [-0.2, -0.15) is 5.10 Å². The monoisotopic (exact) mass is 357 g/mol. The Morgan fingerprint density at radius 2 is 2.19 bits per heavy atom. The predicted molar refractivity (Wildman–Crippen MR) is 93.6 cm³/mol. The number of aromatic nitrogens is 3. The maximum absolute atomic E-state index is 12.6. The fourth-order valence-electron chi connectivity index (χ4n) is 3.81. The first-order chi connectivity index (χ1) is 12.6. The summed E-state index contributed by atoms with van der Waals surface area (Å²) in [6.07, 6.45) is 7.79. The van der Waals surface area contributed by atoms with Crippen molar-refractivity contribution >= 4 is 17.5 Å². The Morgan fingerprint density at radius 3 is 2.96 bits per heavy atom. The van der Waals surface area contributed by atoms with Gasteiger partial charge in [-0.3, -0.25) is 9.59 Å². The van der Waals surface area contributed by atoms with Crippen LogP contribution in [0.1, 0.15) is 36.5 Å². The zero-order valence-electron chi connectivity index (χ0n) is 14.9. The van der Waals surface area contributed by atoms with Gasteiger partial charge in [0, 0.05) is 38.1 Å². The fraction of sp³-hybridized carbons (Fsp3) is 0.556. The molecule has 0 radical (unpaired) electrons. The van der Waals surface area contributed by atoms with E-state index in [1.165, 1.54) is 0 Å². The summed E-state index contributed by atoms with van der Waals surface area (Å²) in [4.78, 5) is 30.7. The van der Waals surface area contributed by atoms with Crippen LogP contribution in [-0.2, 0) is 9.53 Å². The van der Waals surface area contributed by atoms with Crippen LogP contribution < -0.4 is 5.32 Å². The Hall–Kier alpha value is -2.48. The summed E-state index contributed by atoms with van der Waals surface area (Å²) in [5.41, 5.74) is 1.20. The first kappa shape index (κ1) is 17.0. The van der Waals surface area contributed by atoms with Gasteiger partial charge in [0.2, 0.25) is 5.91 Å². The molecule has 1 atom stereocenters. The van der Waals surface area contributed by atoms with Crippen molar-refractivity contribution < 1.29 is 14.3 Å². The predicted octanol–water partition coefficient (Wildman–Crippen LogP) is 0.877. The first-order valence-electron chi connectivity index (χ1n) is 9.08. The number of rotatable bonds is 5. The standard InChI is InChI=1S/C18H23N5O3/c1-2-26-12-15(24)22-8-4-18(5-9-22)10-14(18)21-17(25)13-11-20-23-7-3-6-19-16(13)23/h3,6-7,11,14H,2,4-5,8-10,12H2,1H3,(H,21,25). The molecule has 2 aliphatic rings. The molecular formula is C18H23N5O3. The smallest absolute Gasteiger partial charge is 0.257 e. The summed E-state index contributed by atoms with van der Waals surface area (Å²) in [5.74, 6) is -0.0733. The summed E-state index contributed by atoms with van der Waals surface area (Å²) in [6.45, 7) is 4.06. The minimum Gasteiger partial charge on any atom is -0.372 e. The van der Waals surface area contributed by atoms with E-state index in [0.717, 1.165) is 32.4 Å². The Labute approximate surface area is 151 Å². The highest BCUT2D eigenvalue weighted by atomic mass is 16.5. The summed E-state index contributed by atoms with van der Waals surface area (Å²) in [5, 5.41) is 7.29. The van der Waals surface area contributed by atoms with Gasteiger partial charge in [0.15, 0.2) is 5.65 Å². The largest absolute Gasteiger partial charge is 0.372 e. The second kappa shape index (κ2) is 6.68.